The highest BCUT2D eigenvalue weighted by Gasteiger charge is 2.20. The number of hydrogen-bond acceptors (Lipinski definition) is 5. The van der Waals surface area contributed by atoms with Crippen LogP contribution in [-0.4, -0.2) is 30.9 Å². The van der Waals surface area contributed by atoms with E-state index in [-0.39, 0.29) is 6.10 Å². The van der Waals surface area contributed by atoms with Crippen LogP contribution in [0.5, 0.6) is 11.5 Å². The van der Waals surface area contributed by atoms with Crippen molar-refractivity contribution in [1.82, 2.24) is 15.8 Å². The zero-order chi connectivity index (χ0) is 21.3. The van der Waals surface area contributed by atoms with Crippen LogP contribution in [0.4, 0.5) is 0 Å². The summed E-state index contributed by atoms with van der Waals surface area (Å²) < 4.78 is 17.3. The van der Waals surface area contributed by atoms with Crippen LogP contribution in [0.1, 0.15) is 69.4 Å². The Morgan fingerprint density at radius 3 is 2.73 bits per heavy atom. The van der Waals surface area contributed by atoms with Crippen LogP contribution in [0.15, 0.2) is 33.8 Å². The molecule has 164 valence electrons. The average molecular weight is 415 g/mol. The van der Waals surface area contributed by atoms with Gasteiger partial charge in [0.25, 0.3) is 0 Å². The molecule has 1 saturated carbocycles. The van der Waals surface area contributed by atoms with E-state index in [0.717, 1.165) is 53.9 Å². The summed E-state index contributed by atoms with van der Waals surface area (Å²) in [6, 6.07) is 7.95. The summed E-state index contributed by atoms with van der Waals surface area (Å²) in [5.74, 6) is 3.42. The maximum atomic E-state index is 6.32. The summed E-state index contributed by atoms with van der Waals surface area (Å²) in [5.41, 5.74) is 1.97. The summed E-state index contributed by atoms with van der Waals surface area (Å²) in [7, 11) is 1.68. The third-order valence-corrected chi connectivity index (χ3v) is 5.22. The van der Waals surface area contributed by atoms with E-state index in [2.05, 4.69) is 29.6 Å². The highest BCUT2D eigenvalue weighted by atomic mass is 16.5. The van der Waals surface area contributed by atoms with Gasteiger partial charge in [-0.15, -0.1) is 0 Å². The maximum Gasteiger partial charge on any atom is 0.191 e. The van der Waals surface area contributed by atoms with Gasteiger partial charge in [-0.1, -0.05) is 31.1 Å². The second kappa shape index (κ2) is 10.9. The Hall–Kier alpha value is -2.70. The molecule has 7 nitrogen and oxygen atoms in total. The molecule has 30 heavy (non-hydrogen) atoms. The van der Waals surface area contributed by atoms with Crippen LogP contribution >= 0.6 is 0 Å². The minimum absolute atomic E-state index is 0.261. The number of para-hydroxylation sites is 1. The minimum Gasteiger partial charge on any atom is -0.493 e. The number of aromatic nitrogens is 1. The van der Waals surface area contributed by atoms with Gasteiger partial charge in [-0.2, -0.15) is 0 Å². The normalized spacial score (nSPS) is 14.9. The van der Waals surface area contributed by atoms with Crippen molar-refractivity contribution in [2.75, 3.05) is 13.7 Å². The molecule has 1 aliphatic carbocycles. The molecule has 0 unspecified atom stereocenters. The molecule has 1 aromatic heterocycles. The van der Waals surface area contributed by atoms with Crippen molar-refractivity contribution in [3.05, 3.63) is 41.3 Å². The van der Waals surface area contributed by atoms with Gasteiger partial charge in [-0.05, 0) is 44.6 Å². The van der Waals surface area contributed by atoms with Crippen LogP contribution in [-0.2, 0) is 13.1 Å². The van der Waals surface area contributed by atoms with E-state index in [1.807, 2.05) is 31.2 Å². The molecule has 7 heteroatoms. The van der Waals surface area contributed by atoms with Gasteiger partial charge in [-0.25, -0.2) is 4.99 Å². The molecule has 1 aromatic carbocycles. The zero-order valence-corrected chi connectivity index (χ0v) is 18.5. The molecular weight excluding hydrogens is 380 g/mol. The first-order chi connectivity index (χ1) is 14.6. The lowest BCUT2D eigenvalue weighted by atomic mass is 10.1. The van der Waals surface area contributed by atoms with E-state index < -0.39 is 0 Å². The van der Waals surface area contributed by atoms with Crippen molar-refractivity contribution < 1.29 is 14.0 Å². The fourth-order valence-corrected chi connectivity index (χ4v) is 3.51. The second-order valence-corrected chi connectivity index (χ2v) is 7.89. The van der Waals surface area contributed by atoms with E-state index >= 15 is 0 Å². The first-order valence-electron chi connectivity index (χ1n) is 10.9. The van der Waals surface area contributed by atoms with Crippen LogP contribution in [0.2, 0.25) is 0 Å². The van der Waals surface area contributed by atoms with Gasteiger partial charge in [0.05, 0.1) is 32.0 Å². The fraction of sp³-hybridized carbons (Fsp3) is 0.565. The van der Waals surface area contributed by atoms with Crippen molar-refractivity contribution in [1.29, 1.82) is 0 Å². The Morgan fingerprint density at radius 2 is 2.07 bits per heavy atom. The standard InChI is InChI=1S/C23H34N4O3/c1-5-24-23(26-15-19-13-20(16(2)3)27-30-19)25-14-17-9-8-12-21(28-4)22(17)29-18-10-6-7-11-18/h8-9,12-13,16,18H,5-7,10-11,14-15H2,1-4H3,(H2,24,25,26). The van der Waals surface area contributed by atoms with E-state index in [9.17, 15) is 0 Å². The van der Waals surface area contributed by atoms with Crippen molar-refractivity contribution in [3.8, 4) is 11.5 Å². The Balaban J connectivity index is 1.70. The lowest BCUT2D eigenvalue weighted by Gasteiger charge is -2.19. The monoisotopic (exact) mass is 414 g/mol. The van der Waals surface area contributed by atoms with Crippen LogP contribution in [0.3, 0.4) is 0 Å². The summed E-state index contributed by atoms with van der Waals surface area (Å²) in [4.78, 5) is 4.75. The quantitative estimate of drug-likeness (QED) is 0.468. The first kappa shape index (κ1) is 22.0. The molecular formula is C23H34N4O3. The van der Waals surface area contributed by atoms with Gasteiger partial charge >= 0.3 is 0 Å². The maximum absolute atomic E-state index is 6.32. The summed E-state index contributed by atoms with van der Waals surface area (Å²) in [6.45, 7) is 8.02. The average Bonchev–Trinajstić information content (AvgIpc) is 3.43. The van der Waals surface area contributed by atoms with Crippen molar-refractivity contribution >= 4 is 5.96 Å². The SMILES string of the molecule is CCNC(=NCc1cccc(OC)c1OC1CCCC1)NCc1cc(C(C)C)no1. The molecule has 0 bridgehead atoms. The van der Waals surface area contributed by atoms with Crippen LogP contribution in [0, 0.1) is 0 Å². The molecule has 0 atom stereocenters. The lowest BCUT2D eigenvalue weighted by Crippen LogP contribution is -2.36. The van der Waals surface area contributed by atoms with Crippen LogP contribution in [0.25, 0.3) is 0 Å². The van der Waals surface area contributed by atoms with Crippen LogP contribution < -0.4 is 20.1 Å². The summed E-state index contributed by atoms with van der Waals surface area (Å²) >= 11 is 0. The lowest BCUT2D eigenvalue weighted by molar-refractivity contribution is 0.198. The number of aliphatic imine (C=N–C) groups is 1. The van der Waals surface area contributed by atoms with Crippen molar-refractivity contribution in [2.45, 2.75) is 71.6 Å². The molecule has 0 saturated heterocycles. The van der Waals surface area contributed by atoms with Crippen molar-refractivity contribution in [3.63, 3.8) is 0 Å². The Bertz CT molecular complexity index is 826. The molecule has 0 aliphatic heterocycles. The highest BCUT2D eigenvalue weighted by Crippen LogP contribution is 2.35. The van der Waals surface area contributed by atoms with E-state index in [1.54, 1.807) is 7.11 Å². The number of rotatable bonds is 9. The number of guanidine groups is 1. The number of nitrogens with zero attached hydrogens (tertiary/aromatic N) is 2. The molecule has 3 rings (SSSR count). The minimum atomic E-state index is 0.261. The topological polar surface area (TPSA) is 80.9 Å². The molecule has 0 radical (unpaired) electrons. The Morgan fingerprint density at radius 1 is 1.27 bits per heavy atom. The van der Waals surface area contributed by atoms with Gasteiger partial charge in [0.15, 0.2) is 23.2 Å². The third kappa shape index (κ3) is 5.90. The van der Waals surface area contributed by atoms with Crippen molar-refractivity contribution in [2.24, 2.45) is 4.99 Å². The van der Waals surface area contributed by atoms with E-state index in [0.29, 0.717) is 19.0 Å². The van der Waals surface area contributed by atoms with Gasteiger partial charge in [0.1, 0.15) is 0 Å². The largest absolute Gasteiger partial charge is 0.493 e. The zero-order valence-electron chi connectivity index (χ0n) is 18.5. The smallest absolute Gasteiger partial charge is 0.191 e. The number of hydrogen-bond donors (Lipinski definition) is 2. The third-order valence-electron chi connectivity index (χ3n) is 5.22. The Kier molecular flexibility index (Phi) is 7.99. The van der Waals surface area contributed by atoms with Gasteiger partial charge in [-0.3, -0.25) is 0 Å². The summed E-state index contributed by atoms with van der Waals surface area (Å²) in [5, 5.41) is 10.7. The molecule has 1 heterocycles. The molecule has 0 amide bonds. The molecule has 0 spiro atoms. The fourth-order valence-electron chi connectivity index (χ4n) is 3.51. The second-order valence-electron chi connectivity index (χ2n) is 7.89. The number of benzene rings is 1. The predicted molar refractivity (Wildman–Crippen MR) is 118 cm³/mol. The molecule has 2 N–H and O–H groups in total. The van der Waals surface area contributed by atoms with E-state index in [4.69, 9.17) is 19.0 Å². The molecule has 1 aliphatic rings. The first-order valence-corrected chi connectivity index (χ1v) is 10.9. The predicted octanol–water partition coefficient (Wildman–Crippen LogP) is 4.38. The number of nitrogens with one attached hydrogen (secondary N) is 2. The highest BCUT2D eigenvalue weighted by molar-refractivity contribution is 5.79. The van der Waals surface area contributed by atoms with Gasteiger partial charge in [0.2, 0.25) is 0 Å². The summed E-state index contributed by atoms with van der Waals surface area (Å²) in [6.07, 6.45) is 4.90. The number of methoxy groups -OCH3 is 1. The molecule has 2 aromatic rings. The van der Waals surface area contributed by atoms with E-state index in [1.165, 1.54) is 12.8 Å². The Labute approximate surface area is 179 Å². The van der Waals surface area contributed by atoms with Gasteiger partial charge in [0, 0.05) is 18.2 Å². The van der Waals surface area contributed by atoms with Gasteiger partial charge < -0.3 is 24.6 Å². The molecule has 1 fully saturated rings. The number of ether oxygens (including phenoxy) is 2.